The number of likely N-dealkylation sites (tertiary alicyclic amines) is 1. The number of piperidine rings is 1. The lowest BCUT2D eigenvalue weighted by atomic mass is 9.73. The van der Waals surface area contributed by atoms with E-state index in [2.05, 4.69) is 22.3 Å². The van der Waals surface area contributed by atoms with Crippen LogP contribution >= 0.6 is 12.4 Å². The number of unbranched alkanes of at least 4 members (excludes halogenated alkanes) is 1. The third-order valence-electron chi connectivity index (χ3n) is 10.1. The lowest BCUT2D eigenvalue weighted by Crippen LogP contribution is -2.47. The summed E-state index contributed by atoms with van der Waals surface area (Å²) in [5.74, 6) is -0.0944. The number of alkyl halides is 3. The van der Waals surface area contributed by atoms with Crippen LogP contribution < -0.4 is 5.32 Å². The van der Waals surface area contributed by atoms with Crippen molar-refractivity contribution in [3.8, 4) is 11.1 Å². The zero-order chi connectivity index (χ0) is 31.9. The molecule has 4 aromatic carbocycles. The Balaban J connectivity index is 0.00000386. The van der Waals surface area contributed by atoms with E-state index >= 15 is 0 Å². The molecule has 0 aromatic heterocycles. The smallest absolute Gasteiger partial charge is 0.346 e. The lowest BCUT2D eigenvalue weighted by Gasteiger charge is -2.35. The number of hydrogen-bond donors (Lipinski definition) is 1. The largest absolute Gasteiger partial charge is 0.405 e. The molecule has 1 atom stereocenters. The van der Waals surface area contributed by atoms with Gasteiger partial charge in [-0.1, -0.05) is 79.2 Å². The van der Waals surface area contributed by atoms with Gasteiger partial charge in [-0.3, -0.25) is 9.59 Å². The van der Waals surface area contributed by atoms with Crippen LogP contribution in [0.25, 0.3) is 21.9 Å². The predicted molar refractivity (Wildman–Crippen MR) is 181 cm³/mol. The Hall–Kier alpha value is -3.88. The van der Waals surface area contributed by atoms with Gasteiger partial charge in [0, 0.05) is 25.2 Å². The van der Waals surface area contributed by atoms with E-state index in [1.165, 1.54) is 0 Å². The van der Waals surface area contributed by atoms with Crippen molar-refractivity contribution < 1.29 is 22.8 Å². The molecule has 0 spiro atoms. The third-order valence-corrected chi connectivity index (χ3v) is 10.1. The Morgan fingerprint density at radius 3 is 2.19 bits per heavy atom. The molecule has 1 saturated heterocycles. The number of nitrogens with one attached hydrogen (secondary N) is 1. The summed E-state index contributed by atoms with van der Waals surface area (Å²) in [6, 6.07) is 27.5. The van der Waals surface area contributed by atoms with Crippen molar-refractivity contribution in [2.45, 2.75) is 50.2 Å². The maximum absolute atomic E-state index is 13.8. The first-order valence-electron chi connectivity index (χ1n) is 16.3. The molecule has 1 fully saturated rings. The highest BCUT2D eigenvalue weighted by molar-refractivity contribution is 6.03. The van der Waals surface area contributed by atoms with Crippen molar-refractivity contribution in [1.29, 1.82) is 0 Å². The van der Waals surface area contributed by atoms with Crippen LogP contribution in [0.4, 0.5) is 13.2 Å². The molecule has 0 saturated carbocycles. The first kappa shape index (κ1) is 33.0. The van der Waals surface area contributed by atoms with E-state index in [4.69, 9.17) is 0 Å². The standard InChI is InChI=1S/C38H38F3N3O2.ClH/c39-38(40,41)25-42-36(46)37(33-15-5-3-13-30(33)31-14-4-6-16-34(31)37)17-7-8-18-43-19-9-10-26(22-43)23-44-24-29-20-27-11-1-2-12-28(27)21-32(29)35(44)45;/h1-6,11-16,20-21,26H,7-10,17-19,22-25H2,(H,42,46);1H. The van der Waals surface area contributed by atoms with E-state index < -0.39 is 24.0 Å². The average Bonchev–Trinajstić information content (AvgIpc) is 3.52. The van der Waals surface area contributed by atoms with E-state index in [9.17, 15) is 22.8 Å². The normalized spacial score (nSPS) is 18.4. The molecule has 4 aromatic rings. The van der Waals surface area contributed by atoms with Gasteiger partial charge in [-0.2, -0.15) is 13.2 Å². The van der Waals surface area contributed by atoms with Crippen molar-refractivity contribution in [2.24, 2.45) is 5.92 Å². The number of carbonyl (C=O) groups is 2. The van der Waals surface area contributed by atoms with Gasteiger partial charge in [-0.05, 0) is 95.4 Å². The van der Waals surface area contributed by atoms with Crippen LogP contribution in [0.1, 0.15) is 59.2 Å². The van der Waals surface area contributed by atoms with Crippen LogP contribution in [0.2, 0.25) is 0 Å². The number of hydrogen-bond acceptors (Lipinski definition) is 3. The summed E-state index contributed by atoms with van der Waals surface area (Å²) in [5, 5.41) is 4.47. The molecule has 9 heteroatoms. The Kier molecular flexibility index (Phi) is 9.36. The number of rotatable bonds is 9. The van der Waals surface area contributed by atoms with Gasteiger partial charge in [0.05, 0.1) is 0 Å². The molecule has 2 amide bonds. The maximum Gasteiger partial charge on any atom is 0.405 e. The van der Waals surface area contributed by atoms with E-state index in [0.29, 0.717) is 25.3 Å². The van der Waals surface area contributed by atoms with Crippen molar-refractivity contribution in [3.63, 3.8) is 0 Å². The van der Waals surface area contributed by atoms with E-state index in [1.807, 2.05) is 77.7 Å². The van der Waals surface area contributed by atoms with Crippen LogP contribution in [0, 0.1) is 5.92 Å². The minimum atomic E-state index is -4.49. The highest BCUT2D eigenvalue weighted by atomic mass is 35.5. The van der Waals surface area contributed by atoms with Gasteiger partial charge in [-0.25, -0.2) is 0 Å². The van der Waals surface area contributed by atoms with Gasteiger partial charge < -0.3 is 15.1 Å². The summed E-state index contributed by atoms with van der Waals surface area (Å²) >= 11 is 0. The summed E-state index contributed by atoms with van der Waals surface area (Å²) < 4.78 is 39.6. The molecule has 2 aliphatic heterocycles. The van der Waals surface area contributed by atoms with Crippen molar-refractivity contribution >= 4 is 35.0 Å². The van der Waals surface area contributed by atoms with Gasteiger partial charge in [-0.15, -0.1) is 12.4 Å². The van der Waals surface area contributed by atoms with Crippen LogP contribution in [0.3, 0.4) is 0 Å². The van der Waals surface area contributed by atoms with E-state index in [0.717, 1.165) is 89.6 Å². The fourth-order valence-corrected chi connectivity index (χ4v) is 8.04. The predicted octanol–water partition coefficient (Wildman–Crippen LogP) is 7.74. The Morgan fingerprint density at radius 1 is 0.872 bits per heavy atom. The number of fused-ring (bicyclic) bond motifs is 5. The summed E-state index contributed by atoms with van der Waals surface area (Å²) in [6.45, 7) is 2.77. The van der Waals surface area contributed by atoms with Gasteiger partial charge >= 0.3 is 6.18 Å². The van der Waals surface area contributed by atoms with Gasteiger partial charge in [0.25, 0.3) is 5.91 Å². The van der Waals surface area contributed by atoms with Crippen molar-refractivity contribution in [2.75, 3.05) is 32.7 Å². The van der Waals surface area contributed by atoms with Gasteiger partial charge in [0.2, 0.25) is 5.91 Å². The zero-order valence-corrected chi connectivity index (χ0v) is 27.0. The van der Waals surface area contributed by atoms with Gasteiger partial charge in [0.1, 0.15) is 12.0 Å². The number of benzene rings is 4. The fourth-order valence-electron chi connectivity index (χ4n) is 8.04. The van der Waals surface area contributed by atoms with Crippen LogP contribution in [-0.2, 0) is 16.8 Å². The number of nitrogens with zero attached hydrogens (tertiary/aromatic N) is 2. The Morgan fingerprint density at radius 2 is 1.51 bits per heavy atom. The van der Waals surface area contributed by atoms with Gasteiger partial charge in [0.15, 0.2) is 0 Å². The molecule has 47 heavy (non-hydrogen) atoms. The summed E-state index contributed by atoms with van der Waals surface area (Å²) in [4.78, 5) is 31.5. The minimum Gasteiger partial charge on any atom is -0.346 e. The SMILES string of the molecule is Cl.O=C1c2cc3ccccc3cc2CN1CC1CCCN(CCCCC2(C(=O)NCC(F)(F)F)c3ccccc3-c3ccccc32)C1. The van der Waals surface area contributed by atoms with Crippen molar-refractivity contribution in [3.05, 3.63) is 107 Å². The first-order chi connectivity index (χ1) is 22.2. The molecule has 1 aliphatic carbocycles. The molecular weight excluding hydrogens is 623 g/mol. The molecule has 0 bridgehead atoms. The monoisotopic (exact) mass is 661 g/mol. The summed E-state index contributed by atoms with van der Waals surface area (Å²) in [6.07, 6.45) is -0.405. The summed E-state index contributed by atoms with van der Waals surface area (Å²) in [7, 11) is 0. The lowest BCUT2D eigenvalue weighted by molar-refractivity contribution is -0.141. The second-order valence-electron chi connectivity index (χ2n) is 13.1. The quantitative estimate of drug-likeness (QED) is 0.187. The number of carbonyl (C=O) groups excluding carboxylic acids is 2. The molecule has 1 unspecified atom stereocenters. The number of halogens is 4. The minimum absolute atomic E-state index is 0. The molecule has 1 N–H and O–H groups in total. The van der Waals surface area contributed by atoms with E-state index in [1.54, 1.807) is 0 Å². The molecule has 3 aliphatic rings. The highest BCUT2D eigenvalue weighted by Gasteiger charge is 2.49. The third kappa shape index (κ3) is 6.38. The van der Waals surface area contributed by atoms with Crippen LogP contribution in [0.5, 0.6) is 0 Å². The van der Waals surface area contributed by atoms with Crippen LogP contribution in [-0.4, -0.2) is 60.5 Å². The second-order valence-corrected chi connectivity index (χ2v) is 13.1. The first-order valence-corrected chi connectivity index (χ1v) is 16.3. The Bertz CT molecular complexity index is 1750. The fraction of sp³-hybridized carbons (Fsp3) is 0.368. The van der Waals surface area contributed by atoms with Crippen LogP contribution in [0.15, 0.2) is 84.9 Å². The molecule has 5 nitrogen and oxygen atoms in total. The zero-order valence-electron chi connectivity index (χ0n) is 26.2. The maximum atomic E-state index is 13.8. The highest BCUT2D eigenvalue weighted by Crippen LogP contribution is 2.51. The molecular formula is C38H39ClF3N3O2. The van der Waals surface area contributed by atoms with Crippen molar-refractivity contribution in [1.82, 2.24) is 15.1 Å². The molecule has 2 heterocycles. The summed E-state index contributed by atoms with van der Waals surface area (Å²) in [5.41, 5.74) is 4.11. The molecule has 246 valence electrons. The Labute approximate surface area is 279 Å². The topological polar surface area (TPSA) is 52.7 Å². The van der Waals surface area contributed by atoms with E-state index in [-0.39, 0.29) is 18.3 Å². The number of amides is 2. The average molecular weight is 662 g/mol. The molecule has 0 radical (unpaired) electrons. The second kappa shape index (κ2) is 13.3. The molecule has 7 rings (SSSR count).